The van der Waals surface area contributed by atoms with E-state index in [2.05, 4.69) is 19.8 Å². The number of aromatic nitrogens is 2. The molecule has 1 aromatic heterocycles. The highest BCUT2D eigenvalue weighted by Crippen LogP contribution is 2.35. The van der Waals surface area contributed by atoms with Crippen LogP contribution in [0.15, 0.2) is 12.4 Å². The van der Waals surface area contributed by atoms with Crippen molar-refractivity contribution in [3.63, 3.8) is 0 Å². The number of carbonyl (C=O) groups is 1. The molecule has 1 aromatic rings. The van der Waals surface area contributed by atoms with E-state index in [-0.39, 0.29) is 6.03 Å². The molecule has 1 aliphatic heterocycles. The Balaban J connectivity index is 1.35. The molecule has 5 nitrogen and oxygen atoms in total. The summed E-state index contributed by atoms with van der Waals surface area (Å²) in [4.78, 5) is 18.7. The van der Waals surface area contributed by atoms with Crippen LogP contribution in [0.5, 0.6) is 0 Å². The van der Waals surface area contributed by atoms with Crippen molar-refractivity contribution >= 4 is 6.03 Å². The van der Waals surface area contributed by atoms with E-state index in [0.717, 1.165) is 44.2 Å². The third-order valence-corrected chi connectivity index (χ3v) is 5.30. The highest BCUT2D eigenvalue weighted by molar-refractivity contribution is 5.74. The van der Waals surface area contributed by atoms with Gasteiger partial charge in [-0.1, -0.05) is 12.8 Å². The summed E-state index contributed by atoms with van der Waals surface area (Å²) in [5.74, 6) is 1.83. The van der Waals surface area contributed by atoms with Crippen LogP contribution in [0, 0.1) is 12.8 Å². The van der Waals surface area contributed by atoms with Crippen molar-refractivity contribution in [2.24, 2.45) is 5.92 Å². The van der Waals surface area contributed by atoms with Crippen LogP contribution in [-0.4, -0.2) is 39.6 Å². The molecule has 3 rings (SSSR count). The van der Waals surface area contributed by atoms with Crippen molar-refractivity contribution in [2.75, 3.05) is 13.1 Å². The first-order chi connectivity index (χ1) is 10.8. The van der Waals surface area contributed by atoms with Crippen LogP contribution in [0.4, 0.5) is 4.79 Å². The first-order valence-corrected chi connectivity index (χ1v) is 8.78. The first-order valence-electron chi connectivity index (χ1n) is 8.78. The first kappa shape index (κ1) is 15.4. The molecule has 122 valence electrons. The molecule has 2 unspecified atom stereocenters. The van der Waals surface area contributed by atoms with Crippen LogP contribution >= 0.6 is 0 Å². The van der Waals surface area contributed by atoms with Gasteiger partial charge in [-0.25, -0.2) is 9.78 Å². The second-order valence-corrected chi connectivity index (χ2v) is 6.70. The van der Waals surface area contributed by atoms with Gasteiger partial charge in [-0.3, -0.25) is 0 Å². The fourth-order valence-corrected chi connectivity index (χ4v) is 4.00. The summed E-state index contributed by atoms with van der Waals surface area (Å²) >= 11 is 0. The normalized spacial score (nSPS) is 24.3. The smallest absolute Gasteiger partial charge is 0.317 e. The van der Waals surface area contributed by atoms with Crippen molar-refractivity contribution < 1.29 is 4.79 Å². The Hall–Kier alpha value is -1.52. The van der Waals surface area contributed by atoms with Crippen molar-refractivity contribution in [3.05, 3.63) is 18.2 Å². The number of imidazole rings is 1. The molecule has 2 aliphatic rings. The fraction of sp³-hybridized carbons (Fsp3) is 0.765. The highest BCUT2D eigenvalue weighted by Gasteiger charge is 2.37. The molecule has 5 heteroatoms. The number of unbranched alkanes of at least 4 members (excludes halogenated alkanes) is 1. The summed E-state index contributed by atoms with van der Waals surface area (Å²) in [5, 5.41) is 3.11. The minimum atomic E-state index is 0.160. The number of fused-ring (bicyclic) bond motifs is 1. The van der Waals surface area contributed by atoms with E-state index in [1.54, 1.807) is 0 Å². The Morgan fingerprint density at radius 3 is 3.00 bits per heavy atom. The molecule has 1 aliphatic carbocycles. The summed E-state index contributed by atoms with van der Waals surface area (Å²) in [6.07, 6.45) is 12.3. The number of carbonyl (C=O) groups excluding carboxylic acids is 1. The van der Waals surface area contributed by atoms with E-state index in [1.165, 1.54) is 32.1 Å². The molecule has 0 radical (unpaired) electrons. The molecular weight excluding hydrogens is 276 g/mol. The average molecular weight is 304 g/mol. The number of hydrogen-bond acceptors (Lipinski definition) is 2. The van der Waals surface area contributed by atoms with Crippen molar-refractivity contribution in [3.8, 4) is 0 Å². The zero-order valence-electron chi connectivity index (χ0n) is 13.6. The van der Waals surface area contributed by atoms with Crippen LogP contribution in [0.3, 0.4) is 0 Å². The van der Waals surface area contributed by atoms with Crippen LogP contribution < -0.4 is 5.32 Å². The van der Waals surface area contributed by atoms with E-state index in [4.69, 9.17) is 0 Å². The number of urea groups is 1. The summed E-state index contributed by atoms with van der Waals surface area (Å²) in [6.45, 7) is 4.74. The van der Waals surface area contributed by atoms with Crippen molar-refractivity contribution in [2.45, 2.75) is 64.5 Å². The van der Waals surface area contributed by atoms with Gasteiger partial charge in [-0.15, -0.1) is 0 Å². The standard InChI is InChI=1S/C17H28N4O/c1-14-18-10-13-20(14)11-5-4-9-19-17(22)21-12-8-15-6-2-3-7-16(15)21/h10,13,15-16H,2-9,11-12H2,1H3,(H,19,22). The number of nitrogens with one attached hydrogen (secondary N) is 1. The molecule has 2 fully saturated rings. The second kappa shape index (κ2) is 7.16. The van der Waals surface area contributed by atoms with Gasteiger partial charge in [0.05, 0.1) is 0 Å². The molecular formula is C17H28N4O. The Morgan fingerprint density at radius 1 is 1.32 bits per heavy atom. The Morgan fingerprint density at radius 2 is 2.18 bits per heavy atom. The third-order valence-electron chi connectivity index (χ3n) is 5.30. The lowest BCUT2D eigenvalue weighted by atomic mass is 9.85. The zero-order chi connectivity index (χ0) is 15.4. The predicted molar refractivity (Wildman–Crippen MR) is 86.7 cm³/mol. The highest BCUT2D eigenvalue weighted by atomic mass is 16.2. The molecule has 0 bridgehead atoms. The van der Waals surface area contributed by atoms with Gasteiger partial charge in [-0.2, -0.15) is 0 Å². The van der Waals surface area contributed by atoms with Crippen LogP contribution in [0.25, 0.3) is 0 Å². The number of rotatable bonds is 5. The lowest BCUT2D eigenvalue weighted by Gasteiger charge is -2.31. The van der Waals surface area contributed by atoms with Gasteiger partial charge in [0.1, 0.15) is 5.82 Å². The van der Waals surface area contributed by atoms with E-state index in [9.17, 15) is 4.79 Å². The average Bonchev–Trinajstić information content (AvgIpc) is 3.13. The number of amides is 2. The van der Waals surface area contributed by atoms with E-state index >= 15 is 0 Å². The number of likely N-dealkylation sites (tertiary alicyclic amines) is 1. The topological polar surface area (TPSA) is 50.2 Å². The maximum absolute atomic E-state index is 12.3. The van der Waals surface area contributed by atoms with Crippen molar-refractivity contribution in [1.29, 1.82) is 0 Å². The predicted octanol–water partition coefficient (Wildman–Crippen LogP) is 2.95. The molecule has 1 saturated heterocycles. The fourth-order valence-electron chi connectivity index (χ4n) is 4.00. The molecule has 0 aromatic carbocycles. The van der Waals surface area contributed by atoms with E-state index < -0.39 is 0 Å². The van der Waals surface area contributed by atoms with Crippen molar-refractivity contribution in [1.82, 2.24) is 19.8 Å². The molecule has 2 amide bonds. The molecule has 0 spiro atoms. The molecule has 1 saturated carbocycles. The molecule has 1 N–H and O–H groups in total. The van der Waals surface area contributed by atoms with E-state index in [0.29, 0.717) is 6.04 Å². The SMILES string of the molecule is Cc1nccn1CCCCNC(=O)N1CCC2CCCCC21. The van der Waals surface area contributed by atoms with Crippen LogP contribution in [-0.2, 0) is 6.54 Å². The Kier molecular flexibility index (Phi) is 5.01. The molecule has 22 heavy (non-hydrogen) atoms. The monoisotopic (exact) mass is 304 g/mol. The Labute approximate surface area is 133 Å². The molecule has 2 heterocycles. The lowest BCUT2D eigenvalue weighted by molar-refractivity contribution is 0.170. The summed E-state index contributed by atoms with van der Waals surface area (Å²) in [7, 11) is 0. The summed E-state index contributed by atoms with van der Waals surface area (Å²) in [5.41, 5.74) is 0. The van der Waals surface area contributed by atoms with Gasteiger partial charge in [-0.05, 0) is 44.9 Å². The van der Waals surface area contributed by atoms with Gasteiger partial charge in [0.25, 0.3) is 0 Å². The summed E-state index contributed by atoms with van der Waals surface area (Å²) in [6, 6.07) is 0.676. The van der Waals surface area contributed by atoms with Gasteiger partial charge < -0.3 is 14.8 Å². The van der Waals surface area contributed by atoms with E-state index in [1.807, 2.05) is 19.3 Å². The number of aryl methyl sites for hydroxylation is 2. The minimum absolute atomic E-state index is 0.160. The third kappa shape index (κ3) is 3.45. The van der Waals surface area contributed by atoms with Gasteiger partial charge in [0.2, 0.25) is 0 Å². The maximum atomic E-state index is 12.3. The van der Waals surface area contributed by atoms with Crippen LogP contribution in [0.1, 0.15) is 50.8 Å². The maximum Gasteiger partial charge on any atom is 0.317 e. The Bertz CT molecular complexity index is 499. The largest absolute Gasteiger partial charge is 0.338 e. The van der Waals surface area contributed by atoms with Gasteiger partial charge >= 0.3 is 6.03 Å². The summed E-state index contributed by atoms with van der Waals surface area (Å²) < 4.78 is 2.16. The number of hydrogen-bond donors (Lipinski definition) is 1. The van der Waals surface area contributed by atoms with Gasteiger partial charge in [0, 0.05) is 38.1 Å². The quantitative estimate of drug-likeness (QED) is 0.850. The molecule has 2 atom stereocenters. The number of nitrogens with zero attached hydrogens (tertiary/aromatic N) is 3. The van der Waals surface area contributed by atoms with Gasteiger partial charge in [0.15, 0.2) is 0 Å². The van der Waals surface area contributed by atoms with Crippen LogP contribution in [0.2, 0.25) is 0 Å². The second-order valence-electron chi connectivity index (χ2n) is 6.70. The zero-order valence-corrected chi connectivity index (χ0v) is 13.6. The lowest BCUT2D eigenvalue weighted by Crippen LogP contribution is -2.45. The minimum Gasteiger partial charge on any atom is -0.338 e.